The molecule has 0 aliphatic heterocycles. The number of benzene rings is 3. The predicted molar refractivity (Wildman–Crippen MR) is 128 cm³/mol. The first kappa shape index (κ1) is 24.1. The van der Waals surface area contributed by atoms with Crippen LogP contribution in [0.25, 0.3) is 0 Å². The maximum Gasteiger partial charge on any atom is 0.339 e. The Morgan fingerprint density at radius 3 is 2.03 bits per heavy atom. The number of carbonyl (C=O) groups is 2. The first-order chi connectivity index (χ1) is 16.2. The zero-order chi connectivity index (χ0) is 23.3. The highest BCUT2D eigenvalue weighted by Crippen LogP contribution is 2.22. The van der Waals surface area contributed by atoms with Gasteiger partial charge in [-0.2, -0.15) is 0 Å². The molecule has 0 aromatic heterocycles. The van der Waals surface area contributed by atoms with Gasteiger partial charge in [0, 0.05) is 0 Å². The molecular formula is C28H30O5. The van der Waals surface area contributed by atoms with Gasteiger partial charge in [-0.25, -0.2) is 9.59 Å². The third-order valence-electron chi connectivity index (χ3n) is 5.10. The topological polar surface area (TPSA) is 61.8 Å². The second kappa shape index (κ2) is 13.1. The van der Waals surface area contributed by atoms with Crippen LogP contribution in [-0.2, 0) is 16.1 Å². The van der Waals surface area contributed by atoms with Crippen molar-refractivity contribution in [3.8, 4) is 11.5 Å². The first-order valence-corrected chi connectivity index (χ1v) is 11.4. The summed E-state index contributed by atoms with van der Waals surface area (Å²) in [5, 5.41) is 0. The number of ether oxygens (including phenoxy) is 3. The van der Waals surface area contributed by atoms with Crippen molar-refractivity contribution in [1.82, 2.24) is 0 Å². The van der Waals surface area contributed by atoms with Crippen LogP contribution in [0, 0.1) is 0 Å². The van der Waals surface area contributed by atoms with E-state index in [4.69, 9.17) is 14.2 Å². The smallest absolute Gasteiger partial charge is 0.339 e. The largest absolute Gasteiger partial charge is 0.462 e. The van der Waals surface area contributed by atoms with Gasteiger partial charge in [0.15, 0.2) is 0 Å². The van der Waals surface area contributed by atoms with E-state index in [1.54, 1.807) is 24.3 Å². The van der Waals surface area contributed by atoms with Gasteiger partial charge < -0.3 is 14.2 Å². The lowest BCUT2D eigenvalue weighted by molar-refractivity contribution is 0.0436. The number of rotatable bonds is 12. The molecule has 3 aromatic carbocycles. The fourth-order valence-corrected chi connectivity index (χ4v) is 3.34. The Labute approximate surface area is 195 Å². The van der Waals surface area contributed by atoms with Gasteiger partial charge in [-0.3, -0.25) is 0 Å². The van der Waals surface area contributed by atoms with Crippen LogP contribution in [0.5, 0.6) is 11.5 Å². The Hall–Kier alpha value is -3.60. The van der Waals surface area contributed by atoms with Gasteiger partial charge in [0.25, 0.3) is 0 Å². The summed E-state index contributed by atoms with van der Waals surface area (Å²) < 4.78 is 16.7. The lowest BCUT2D eigenvalue weighted by atomic mass is 10.1. The molecule has 0 spiro atoms. The summed E-state index contributed by atoms with van der Waals surface area (Å²) in [5.41, 5.74) is 1.20. The first-order valence-electron chi connectivity index (χ1n) is 11.4. The minimum Gasteiger partial charge on any atom is -0.462 e. The fourth-order valence-electron chi connectivity index (χ4n) is 3.34. The quantitative estimate of drug-likeness (QED) is 0.222. The van der Waals surface area contributed by atoms with Crippen LogP contribution in [0.3, 0.4) is 0 Å². The van der Waals surface area contributed by atoms with Crippen LogP contribution >= 0.6 is 0 Å². The van der Waals surface area contributed by atoms with Crippen molar-refractivity contribution in [2.24, 2.45) is 0 Å². The third kappa shape index (κ3) is 7.79. The van der Waals surface area contributed by atoms with Crippen molar-refractivity contribution in [2.75, 3.05) is 6.61 Å². The molecule has 0 amide bonds. The molecule has 0 aliphatic rings. The Bertz CT molecular complexity index is 1030. The van der Waals surface area contributed by atoms with E-state index in [0.29, 0.717) is 12.4 Å². The zero-order valence-electron chi connectivity index (χ0n) is 19.0. The van der Waals surface area contributed by atoms with Gasteiger partial charge in [-0.15, -0.1) is 0 Å². The van der Waals surface area contributed by atoms with Crippen LogP contribution in [0.1, 0.15) is 65.3 Å². The molecule has 0 aliphatic carbocycles. The number of para-hydroxylation sites is 1. The highest BCUT2D eigenvalue weighted by atomic mass is 16.5. The van der Waals surface area contributed by atoms with E-state index >= 15 is 0 Å². The number of hydrogen-bond donors (Lipinski definition) is 0. The van der Waals surface area contributed by atoms with Gasteiger partial charge in [-0.1, -0.05) is 75.1 Å². The summed E-state index contributed by atoms with van der Waals surface area (Å²) in [6.45, 7) is 2.57. The molecule has 0 atom stereocenters. The zero-order valence-corrected chi connectivity index (χ0v) is 19.0. The van der Waals surface area contributed by atoms with Gasteiger partial charge in [0.1, 0.15) is 18.1 Å². The lowest BCUT2D eigenvalue weighted by Crippen LogP contribution is -2.14. The lowest BCUT2D eigenvalue weighted by Gasteiger charge is -2.11. The van der Waals surface area contributed by atoms with E-state index in [1.807, 2.05) is 54.6 Å². The average molecular weight is 447 g/mol. The predicted octanol–water partition coefficient (Wildman–Crippen LogP) is 6.96. The van der Waals surface area contributed by atoms with E-state index in [-0.39, 0.29) is 17.7 Å². The molecule has 172 valence electrons. The van der Waals surface area contributed by atoms with Crippen LogP contribution in [-0.4, -0.2) is 18.5 Å². The Balaban J connectivity index is 1.55. The van der Waals surface area contributed by atoms with E-state index in [2.05, 4.69) is 6.92 Å². The molecule has 5 nitrogen and oxygen atoms in total. The molecule has 0 unspecified atom stereocenters. The van der Waals surface area contributed by atoms with Gasteiger partial charge >= 0.3 is 11.9 Å². The minimum absolute atomic E-state index is 0.0611. The van der Waals surface area contributed by atoms with Crippen LogP contribution < -0.4 is 4.74 Å². The molecule has 0 N–H and O–H groups in total. The molecule has 3 rings (SSSR count). The molecule has 3 aromatic rings. The van der Waals surface area contributed by atoms with Crippen molar-refractivity contribution in [3.05, 3.63) is 95.6 Å². The number of esters is 2. The molecule has 0 saturated carbocycles. The van der Waals surface area contributed by atoms with E-state index in [0.717, 1.165) is 30.6 Å². The molecule has 33 heavy (non-hydrogen) atoms. The van der Waals surface area contributed by atoms with Crippen LogP contribution in [0.15, 0.2) is 78.9 Å². The number of carbonyl (C=O) groups excluding carboxylic acids is 2. The van der Waals surface area contributed by atoms with Gasteiger partial charge in [0.05, 0.1) is 17.7 Å². The van der Waals surface area contributed by atoms with Gasteiger partial charge in [0.2, 0.25) is 0 Å². The molecular weight excluding hydrogens is 416 g/mol. The number of unbranched alkanes of at least 4 members (excludes halogenated alkanes) is 4. The summed E-state index contributed by atoms with van der Waals surface area (Å²) in [7, 11) is 0. The van der Waals surface area contributed by atoms with Crippen molar-refractivity contribution >= 4 is 11.9 Å². The molecule has 5 heteroatoms. The summed E-state index contributed by atoms with van der Waals surface area (Å²) >= 11 is 0. The van der Waals surface area contributed by atoms with Crippen molar-refractivity contribution in [3.63, 3.8) is 0 Å². The molecule has 0 heterocycles. The normalized spacial score (nSPS) is 10.5. The minimum atomic E-state index is -0.570. The summed E-state index contributed by atoms with van der Waals surface area (Å²) in [4.78, 5) is 25.2. The van der Waals surface area contributed by atoms with E-state index < -0.39 is 11.9 Å². The maximum atomic E-state index is 12.7. The molecule has 0 fully saturated rings. The highest BCUT2D eigenvalue weighted by Gasteiger charge is 2.19. The fraction of sp³-hybridized carbons (Fsp3) is 0.286. The van der Waals surface area contributed by atoms with Crippen molar-refractivity contribution < 1.29 is 23.8 Å². The third-order valence-corrected chi connectivity index (χ3v) is 5.10. The standard InChI is InChI=1S/C28H30O5/c1-2-3-4-5-11-19-31-27(29)25-17-9-10-18-26(25)28(30)32-21-22-13-12-16-24(20-22)33-23-14-7-6-8-15-23/h6-10,12-18,20H,2-5,11,19,21H2,1H3. The second-order valence-corrected chi connectivity index (χ2v) is 7.73. The number of hydrogen-bond acceptors (Lipinski definition) is 5. The van der Waals surface area contributed by atoms with E-state index in [1.165, 1.54) is 12.8 Å². The molecule has 0 saturated heterocycles. The average Bonchev–Trinajstić information content (AvgIpc) is 2.85. The maximum absolute atomic E-state index is 12.7. The van der Waals surface area contributed by atoms with Crippen molar-refractivity contribution in [1.29, 1.82) is 0 Å². The van der Waals surface area contributed by atoms with Crippen LogP contribution in [0.2, 0.25) is 0 Å². The Kier molecular flexibility index (Phi) is 9.52. The summed E-state index contributed by atoms with van der Waals surface area (Å²) in [6, 6.07) is 23.4. The van der Waals surface area contributed by atoms with E-state index in [9.17, 15) is 9.59 Å². The van der Waals surface area contributed by atoms with Gasteiger partial charge in [-0.05, 0) is 48.4 Å². The molecule has 0 radical (unpaired) electrons. The Morgan fingerprint density at radius 2 is 1.30 bits per heavy atom. The Morgan fingerprint density at radius 1 is 0.667 bits per heavy atom. The van der Waals surface area contributed by atoms with Crippen LogP contribution in [0.4, 0.5) is 0 Å². The second-order valence-electron chi connectivity index (χ2n) is 7.73. The summed E-state index contributed by atoms with van der Waals surface area (Å²) in [5.74, 6) is 0.304. The molecule has 0 bridgehead atoms. The summed E-state index contributed by atoms with van der Waals surface area (Å²) in [6.07, 6.45) is 5.33. The highest BCUT2D eigenvalue weighted by molar-refractivity contribution is 6.03. The SMILES string of the molecule is CCCCCCCOC(=O)c1ccccc1C(=O)OCc1cccc(Oc2ccccc2)c1. The van der Waals surface area contributed by atoms with Crippen molar-refractivity contribution in [2.45, 2.75) is 45.6 Å². The monoisotopic (exact) mass is 446 g/mol.